The average Bonchev–Trinajstić information content (AvgIpc) is 2.63. The highest BCUT2D eigenvalue weighted by atomic mass is 32.2. The van der Waals surface area contributed by atoms with Crippen LogP contribution in [0.5, 0.6) is 0 Å². The van der Waals surface area contributed by atoms with Crippen molar-refractivity contribution in [2.75, 3.05) is 36.8 Å². The van der Waals surface area contributed by atoms with E-state index in [1.165, 1.54) is 40.7 Å². The van der Waals surface area contributed by atoms with Crippen molar-refractivity contribution in [3.63, 3.8) is 0 Å². The number of halogens is 1. The molecule has 1 aliphatic rings. The molecular formula is C20H23FN2OS. The van der Waals surface area contributed by atoms with Gasteiger partial charge in [0.1, 0.15) is 5.82 Å². The summed E-state index contributed by atoms with van der Waals surface area (Å²) in [6.07, 6.45) is 0. The summed E-state index contributed by atoms with van der Waals surface area (Å²) >= 11 is 1.46. The number of nitrogens with zero attached hydrogens (tertiary/aromatic N) is 2. The van der Waals surface area contributed by atoms with E-state index in [-0.39, 0.29) is 11.7 Å². The summed E-state index contributed by atoms with van der Waals surface area (Å²) in [6.45, 7) is 7.49. The fourth-order valence-electron chi connectivity index (χ4n) is 3.04. The Morgan fingerprint density at radius 1 is 1.04 bits per heavy atom. The standard InChI is InChI=1S/C20H23FN2OS/c1-15-4-3-5-19(16(15)2)22-10-12-23(13-11-22)20(24)14-25-18-8-6-17(21)7-9-18/h3-9H,10-14H2,1-2H3. The highest BCUT2D eigenvalue weighted by Gasteiger charge is 2.22. The number of anilines is 1. The first kappa shape index (κ1) is 17.8. The number of hydrogen-bond acceptors (Lipinski definition) is 3. The van der Waals surface area contributed by atoms with Crippen molar-refractivity contribution in [2.45, 2.75) is 18.7 Å². The van der Waals surface area contributed by atoms with Crippen molar-refractivity contribution in [1.29, 1.82) is 0 Å². The maximum Gasteiger partial charge on any atom is 0.233 e. The number of amides is 1. The molecule has 2 aromatic rings. The molecule has 0 radical (unpaired) electrons. The van der Waals surface area contributed by atoms with Gasteiger partial charge in [-0.1, -0.05) is 12.1 Å². The molecule has 0 spiro atoms. The van der Waals surface area contributed by atoms with Gasteiger partial charge in [0.05, 0.1) is 5.75 Å². The van der Waals surface area contributed by atoms with E-state index in [1.54, 1.807) is 12.1 Å². The summed E-state index contributed by atoms with van der Waals surface area (Å²) in [7, 11) is 0. The molecule has 0 aromatic heterocycles. The Labute approximate surface area is 152 Å². The van der Waals surface area contributed by atoms with E-state index in [2.05, 4.69) is 36.9 Å². The van der Waals surface area contributed by atoms with Gasteiger partial charge in [0, 0.05) is 36.8 Å². The van der Waals surface area contributed by atoms with Crippen LogP contribution in [-0.4, -0.2) is 42.7 Å². The molecule has 132 valence electrons. The van der Waals surface area contributed by atoms with E-state index in [9.17, 15) is 9.18 Å². The third-order valence-corrected chi connectivity index (χ3v) is 5.72. The van der Waals surface area contributed by atoms with Gasteiger partial charge in [0.15, 0.2) is 0 Å². The van der Waals surface area contributed by atoms with Crippen molar-refractivity contribution in [1.82, 2.24) is 4.90 Å². The highest BCUT2D eigenvalue weighted by Crippen LogP contribution is 2.24. The second-order valence-electron chi connectivity index (χ2n) is 6.33. The van der Waals surface area contributed by atoms with Gasteiger partial charge in [-0.2, -0.15) is 0 Å². The van der Waals surface area contributed by atoms with Crippen LogP contribution in [-0.2, 0) is 4.79 Å². The first-order valence-electron chi connectivity index (χ1n) is 8.52. The first-order chi connectivity index (χ1) is 12.0. The lowest BCUT2D eigenvalue weighted by Gasteiger charge is -2.37. The predicted octanol–water partition coefficient (Wildman–Crippen LogP) is 3.88. The Morgan fingerprint density at radius 3 is 2.40 bits per heavy atom. The lowest BCUT2D eigenvalue weighted by molar-refractivity contribution is -0.128. The van der Waals surface area contributed by atoms with Gasteiger partial charge in [-0.15, -0.1) is 11.8 Å². The van der Waals surface area contributed by atoms with E-state index in [1.807, 2.05) is 4.90 Å². The number of aryl methyl sites for hydroxylation is 1. The molecule has 0 atom stereocenters. The Bertz CT molecular complexity index is 740. The molecular weight excluding hydrogens is 335 g/mol. The minimum absolute atomic E-state index is 0.148. The number of carbonyl (C=O) groups excluding carboxylic acids is 1. The van der Waals surface area contributed by atoms with E-state index in [0.717, 1.165) is 31.1 Å². The molecule has 0 N–H and O–H groups in total. The number of thioether (sulfide) groups is 1. The fraction of sp³-hybridized carbons (Fsp3) is 0.350. The van der Waals surface area contributed by atoms with Crippen LogP contribution in [0.2, 0.25) is 0 Å². The minimum Gasteiger partial charge on any atom is -0.368 e. The second kappa shape index (κ2) is 7.91. The second-order valence-corrected chi connectivity index (χ2v) is 7.38. The average molecular weight is 358 g/mol. The molecule has 1 saturated heterocycles. The highest BCUT2D eigenvalue weighted by molar-refractivity contribution is 8.00. The molecule has 5 heteroatoms. The molecule has 0 aliphatic carbocycles. The van der Waals surface area contributed by atoms with Crippen LogP contribution in [0, 0.1) is 19.7 Å². The van der Waals surface area contributed by atoms with Crippen LogP contribution < -0.4 is 4.90 Å². The molecule has 1 amide bonds. The van der Waals surface area contributed by atoms with Gasteiger partial charge in [-0.05, 0) is 55.3 Å². The normalized spacial score (nSPS) is 14.7. The monoisotopic (exact) mass is 358 g/mol. The Kier molecular flexibility index (Phi) is 5.63. The van der Waals surface area contributed by atoms with Crippen LogP contribution in [0.15, 0.2) is 47.4 Å². The number of carbonyl (C=O) groups is 1. The van der Waals surface area contributed by atoms with Crippen molar-refractivity contribution < 1.29 is 9.18 Å². The molecule has 1 aliphatic heterocycles. The smallest absolute Gasteiger partial charge is 0.233 e. The number of piperazine rings is 1. The first-order valence-corrected chi connectivity index (χ1v) is 9.50. The van der Waals surface area contributed by atoms with Gasteiger partial charge in [-0.3, -0.25) is 4.79 Å². The Hall–Kier alpha value is -2.01. The van der Waals surface area contributed by atoms with E-state index >= 15 is 0 Å². The van der Waals surface area contributed by atoms with Crippen LogP contribution >= 0.6 is 11.8 Å². The van der Waals surface area contributed by atoms with Crippen LogP contribution in [0.1, 0.15) is 11.1 Å². The zero-order chi connectivity index (χ0) is 17.8. The molecule has 0 bridgehead atoms. The number of benzene rings is 2. The molecule has 3 rings (SSSR count). The van der Waals surface area contributed by atoms with Gasteiger partial charge in [0.2, 0.25) is 5.91 Å². The molecule has 1 fully saturated rings. The van der Waals surface area contributed by atoms with Crippen molar-refractivity contribution >= 4 is 23.4 Å². The lowest BCUT2D eigenvalue weighted by atomic mass is 10.1. The zero-order valence-electron chi connectivity index (χ0n) is 14.7. The molecule has 1 heterocycles. The van der Waals surface area contributed by atoms with Crippen molar-refractivity contribution in [2.24, 2.45) is 0 Å². The SMILES string of the molecule is Cc1cccc(N2CCN(C(=O)CSc3ccc(F)cc3)CC2)c1C. The van der Waals surface area contributed by atoms with Crippen molar-refractivity contribution in [3.05, 3.63) is 59.4 Å². The fourth-order valence-corrected chi connectivity index (χ4v) is 3.84. The van der Waals surface area contributed by atoms with Gasteiger partial charge < -0.3 is 9.80 Å². The maximum atomic E-state index is 12.9. The zero-order valence-corrected chi connectivity index (χ0v) is 15.5. The topological polar surface area (TPSA) is 23.6 Å². The van der Waals surface area contributed by atoms with Crippen LogP contribution in [0.4, 0.5) is 10.1 Å². The quantitative estimate of drug-likeness (QED) is 0.775. The van der Waals surface area contributed by atoms with Gasteiger partial charge >= 0.3 is 0 Å². The van der Waals surface area contributed by atoms with E-state index in [4.69, 9.17) is 0 Å². The molecule has 0 unspecified atom stereocenters. The number of rotatable bonds is 4. The van der Waals surface area contributed by atoms with Crippen molar-refractivity contribution in [3.8, 4) is 0 Å². The summed E-state index contributed by atoms with van der Waals surface area (Å²) in [4.78, 5) is 17.6. The van der Waals surface area contributed by atoms with Gasteiger partial charge in [-0.25, -0.2) is 4.39 Å². The third kappa shape index (κ3) is 4.34. The predicted molar refractivity (Wildman–Crippen MR) is 102 cm³/mol. The summed E-state index contributed by atoms with van der Waals surface area (Å²) in [5.41, 5.74) is 3.88. The summed E-state index contributed by atoms with van der Waals surface area (Å²) in [5, 5.41) is 0. The minimum atomic E-state index is -0.252. The summed E-state index contributed by atoms with van der Waals surface area (Å²) in [6, 6.07) is 12.7. The molecule has 2 aromatic carbocycles. The van der Waals surface area contributed by atoms with E-state index < -0.39 is 0 Å². The lowest BCUT2D eigenvalue weighted by Crippen LogP contribution is -2.49. The summed E-state index contributed by atoms with van der Waals surface area (Å²) in [5.74, 6) is 0.294. The van der Waals surface area contributed by atoms with Crippen LogP contribution in [0.25, 0.3) is 0 Å². The Morgan fingerprint density at radius 2 is 1.72 bits per heavy atom. The molecule has 3 nitrogen and oxygen atoms in total. The summed E-state index contributed by atoms with van der Waals surface area (Å²) < 4.78 is 12.9. The van der Waals surface area contributed by atoms with Crippen LogP contribution in [0.3, 0.4) is 0 Å². The Balaban J connectivity index is 1.52. The number of hydrogen-bond donors (Lipinski definition) is 0. The largest absolute Gasteiger partial charge is 0.368 e. The van der Waals surface area contributed by atoms with E-state index in [0.29, 0.717) is 5.75 Å². The third-order valence-electron chi connectivity index (χ3n) is 4.73. The molecule has 0 saturated carbocycles. The molecule has 25 heavy (non-hydrogen) atoms. The van der Waals surface area contributed by atoms with Gasteiger partial charge in [0.25, 0.3) is 0 Å². The maximum absolute atomic E-state index is 12.9.